The van der Waals surface area contributed by atoms with E-state index in [2.05, 4.69) is 59.7 Å². The van der Waals surface area contributed by atoms with Gasteiger partial charge in [-0.1, -0.05) is 43.7 Å². The van der Waals surface area contributed by atoms with E-state index in [1.54, 1.807) is 0 Å². The van der Waals surface area contributed by atoms with Crippen LogP contribution in [0.2, 0.25) is 0 Å². The van der Waals surface area contributed by atoms with Crippen molar-refractivity contribution in [3.05, 3.63) is 70.9 Å². The Morgan fingerprint density at radius 3 is 2.41 bits per heavy atom. The third-order valence-corrected chi connectivity index (χ3v) is 8.43. The first-order valence-corrected chi connectivity index (χ1v) is 12.9. The van der Waals surface area contributed by atoms with Gasteiger partial charge in [0.25, 0.3) is 0 Å². The maximum atomic E-state index is 11.8. The molecule has 0 N–H and O–H groups in total. The van der Waals surface area contributed by atoms with Gasteiger partial charge in [0, 0.05) is 29.7 Å². The molecule has 4 nitrogen and oxygen atoms in total. The molecule has 0 amide bonds. The fraction of sp³-hybridized carbons (Fsp3) is 0.500. The first-order chi connectivity index (χ1) is 16.5. The molecule has 0 unspecified atom stereocenters. The van der Waals surface area contributed by atoms with E-state index < -0.39 is 0 Å². The van der Waals surface area contributed by atoms with Crippen molar-refractivity contribution in [2.45, 2.75) is 58.9 Å². The molecular formula is C30H38N2O2. The molecule has 1 aromatic heterocycles. The smallest absolute Gasteiger partial charge is 0.337 e. The highest BCUT2D eigenvalue weighted by Crippen LogP contribution is 2.41. The molecule has 2 aliphatic rings. The molecule has 0 spiro atoms. The summed E-state index contributed by atoms with van der Waals surface area (Å²) in [7, 11) is 1.42. The summed E-state index contributed by atoms with van der Waals surface area (Å²) in [6, 6.07) is 16.7. The topological polar surface area (TPSA) is 34.5 Å². The molecule has 180 valence electrons. The van der Waals surface area contributed by atoms with Gasteiger partial charge in [-0.05, 0) is 92.8 Å². The van der Waals surface area contributed by atoms with Crippen LogP contribution >= 0.6 is 0 Å². The predicted octanol–water partition coefficient (Wildman–Crippen LogP) is 6.23. The molecule has 1 saturated heterocycles. The lowest BCUT2D eigenvalue weighted by molar-refractivity contribution is 0.0600. The van der Waals surface area contributed by atoms with Crippen LogP contribution in [0.15, 0.2) is 48.5 Å². The van der Waals surface area contributed by atoms with Crippen molar-refractivity contribution in [1.82, 2.24) is 9.47 Å². The number of para-hydroxylation sites is 1. The number of aromatic nitrogens is 1. The molecule has 0 atom stereocenters. The number of nitrogens with zero attached hydrogens (tertiary/aromatic N) is 2. The number of esters is 1. The van der Waals surface area contributed by atoms with Crippen molar-refractivity contribution in [2.24, 2.45) is 11.3 Å². The Morgan fingerprint density at radius 2 is 1.76 bits per heavy atom. The average Bonchev–Trinajstić information content (AvgIpc) is 3.10. The summed E-state index contributed by atoms with van der Waals surface area (Å²) in [6.07, 6.45) is 7.71. The highest BCUT2D eigenvalue weighted by Gasteiger charge is 2.34. The fourth-order valence-corrected chi connectivity index (χ4v) is 6.11. The van der Waals surface area contributed by atoms with Gasteiger partial charge in [0.15, 0.2) is 0 Å². The van der Waals surface area contributed by atoms with Crippen molar-refractivity contribution in [1.29, 1.82) is 0 Å². The molecule has 2 heterocycles. The van der Waals surface area contributed by atoms with Crippen molar-refractivity contribution >= 4 is 16.9 Å². The Balaban J connectivity index is 1.31. The minimum Gasteiger partial charge on any atom is -0.465 e. The molecule has 2 aromatic carbocycles. The zero-order valence-corrected chi connectivity index (χ0v) is 21.0. The number of hydrogen-bond donors (Lipinski definition) is 0. The van der Waals surface area contributed by atoms with Crippen LogP contribution in [0.4, 0.5) is 0 Å². The minimum atomic E-state index is -0.285. The first kappa shape index (κ1) is 23.2. The maximum Gasteiger partial charge on any atom is 0.337 e. The van der Waals surface area contributed by atoms with E-state index in [4.69, 9.17) is 4.74 Å². The monoisotopic (exact) mass is 458 g/mol. The number of piperidine rings is 1. The van der Waals surface area contributed by atoms with Crippen molar-refractivity contribution in [3.63, 3.8) is 0 Å². The molecule has 34 heavy (non-hydrogen) atoms. The summed E-state index contributed by atoms with van der Waals surface area (Å²) in [4.78, 5) is 14.5. The number of fused-ring (bicyclic) bond motifs is 1. The first-order valence-electron chi connectivity index (χ1n) is 12.9. The van der Waals surface area contributed by atoms with Crippen LogP contribution in [0.3, 0.4) is 0 Å². The normalized spacial score (nSPS) is 18.7. The van der Waals surface area contributed by atoms with Crippen LogP contribution in [-0.2, 0) is 17.7 Å². The maximum absolute atomic E-state index is 11.8. The second-order valence-electron chi connectivity index (χ2n) is 10.9. The van der Waals surface area contributed by atoms with Gasteiger partial charge in [0.1, 0.15) is 0 Å². The number of hydrogen-bond acceptors (Lipinski definition) is 3. The van der Waals surface area contributed by atoms with Gasteiger partial charge in [0.2, 0.25) is 0 Å². The standard InChI is InChI=1S/C30H38N2O2/c1-22-27(19-23-9-11-25(12-10-23)29(33)34-3)26-7-4-5-8-28(26)32(22)20-24-13-17-31(18-14-24)21-30(2)15-6-16-30/h4-5,7-12,24H,6,13-21H2,1-3H3. The third-order valence-electron chi connectivity index (χ3n) is 8.43. The highest BCUT2D eigenvalue weighted by atomic mass is 16.5. The van der Waals surface area contributed by atoms with Crippen LogP contribution in [0.1, 0.15) is 66.2 Å². The minimum absolute atomic E-state index is 0.285. The summed E-state index contributed by atoms with van der Waals surface area (Å²) in [5.41, 5.74) is 6.54. The van der Waals surface area contributed by atoms with Gasteiger partial charge in [-0.25, -0.2) is 4.79 Å². The molecule has 0 bridgehead atoms. The number of carbonyl (C=O) groups is 1. The van der Waals surface area contributed by atoms with E-state index in [9.17, 15) is 4.79 Å². The van der Waals surface area contributed by atoms with Gasteiger partial charge in [0.05, 0.1) is 12.7 Å². The summed E-state index contributed by atoms with van der Waals surface area (Å²) in [5, 5.41) is 1.35. The fourth-order valence-electron chi connectivity index (χ4n) is 6.11. The molecule has 5 rings (SSSR count). The Kier molecular flexibility index (Phi) is 6.52. The number of carbonyl (C=O) groups excluding carboxylic acids is 1. The highest BCUT2D eigenvalue weighted by molar-refractivity contribution is 5.89. The summed E-state index contributed by atoms with van der Waals surface area (Å²) < 4.78 is 7.41. The average molecular weight is 459 g/mol. The van der Waals surface area contributed by atoms with E-state index in [-0.39, 0.29) is 5.97 Å². The number of methoxy groups -OCH3 is 1. The SMILES string of the molecule is COC(=O)c1ccc(Cc2c(C)n(CC3CCN(CC4(C)CCC4)CC3)c3ccccc23)cc1. The summed E-state index contributed by atoms with van der Waals surface area (Å²) in [5.74, 6) is 0.458. The lowest BCUT2D eigenvalue weighted by atomic mass is 9.70. The Morgan fingerprint density at radius 1 is 1.06 bits per heavy atom. The molecule has 0 radical (unpaired) electrons. The van der Waals surface area contributed by atoms with Crippen molar-refractivity contribution in [3.8, 4) is 0 Å². The quantitative estimate of drug-likeness (QED) is 0.394. The largest absolute Gasteiger partial charge is 0.465 e. The number of likely N-dealkylation sites (tertiary alicyclic amines) is 1. The van der Waals surface area contributed by atoms with E-state index >= 15 is 0 Å². The Hall–Kier alpha value is -2.59. The summed E-state index contributed by atoms with van der Waals surface area (Å²) >= 11 is 0. The molecular weight excluding hydrogens is 420 g/mol. The van der Waals surface area contributed by atoms with Gasteiger partial charge < -0.3 is 14.2 Å². The van der Waals surface area contributed by atoms with Gasteiger partial charge >= 0.3 is 5.97 Å². The zero-order valence-electron chi connectivity index (χ0n) is 21.0. The van der Waals surface area contributed by atoms with Crippen LogP contribution < -0.4 is 0 Å². The van der Waals surface area contributed by atoms with Crippen LogP contribution in [0.5, 0.6) is 0 Å². The van der Waals surface area contributed by atoms with Crippen LogP contribution in [0, 0.1) is 18.3 Å². The molecule has 1 aliphatic carbocycles. The van der Waals surface area contributed by atoms with Gasteiger partial charge in [-0.15, -0.1) is 0 Å². The number of ether oxygens (including phenoxy) is 1. The van der Waals surface area contributed by atoms with Gasteiger partial charge in [-0.2, -0.15) is 0 Å². The van der Waals surface area contributed by atoms with Crippen LogP contribution in [-0.4, -0.2) is 42.2 Å². The molecule has 2 fully saturated rings. The molecule has 1 saturated carbocycles. The van der Waals surface area contributed by atoms with Crippen molar-refractivity contribution in [2.75, 3.05) is 26.7 Å². The Bertz CT molecular complexity index is 1150. The van der Waals surface area contributed by atoms with E-state index in [1.165, 1.54) is 86.6 Å². The van der Waals surface area contributed by atoms with E-state index in [0.717, 1.165) is 18.9 Å². The second kappa shape index (κ2) is 9.58. The lowest BCUT2D eigenvalue weighted by Gasteiger charge is -2.44. The van der Waals surface area contributed by atoms with Crippen molar-refractivity contribution < 1.29 is 9.53 Å². The lowest BCUT2D eigenvalue weighted by Crippen LogP contribution is -2.44. The molecule has 1 aliphatic heterocycles. The zero-order chi connectivity index (χ0) is 23.7. The number of benzene rings is 2. The Labute approximate surface area is 203 Å². The predicted molar refractivity (Wildman–Crippen MR) is 138 cm³/mol. The van der Waals surface area contributed by atoms with Gasteiger partial charge in [-0.3, -0.25) is 0 Å². The summed E-state index contributed by atoms with van der Waals surface area (Å²) in [6.45, 7) is 9.66. The second-order valence-corrected chi connectivity index (χ2v) is 10.9. The van der Waals surface area contributed by atoms with E-state index in [0.29, 0.717) is 11.0 Å². The van der Waals surface area contributed by atoms with Crippen LogP contribution in [0.25, 0.3) is 10.9 Å². The third kappa shape index (κ3) is 4.65. The molecule has 3 aromatic rings. The molecule has 4 heteroatoms. The van der Waals surface area contributed by atoms with E-state index in [1.807, 2.05) is 12.1 Å². The number of rotatable bonds is 7.